The van der Waals surface area contributed by atoms with Crippen LogP contribution in [0.15, 0.2) is 21.6 Å². The number of hydrogen-bond donors (Lipinski definition) is 1. The molecule has 0 saturated carbocycles. The van der Waals surface area contributed by atoms with E-state index in [0.29, 0.717) is 23.0 Å². The van der Waals surface area contributed by atoms with Gasteiger partial charge in [-0.15, -0.1) is 0 Å². The second-order valence-electron chi connectivity index (χ2n) is 7.63. The highest BCUT2D eigenvalue weighted by atomic mass is 16.5. The number of hydrogen-bond acceptors (Lipinski definition) is 7. The fourth-order valence-electron chi connectivity index (χ4n) is 2.99. The van der Waals surface area contributed by atoms with E-state index in [4.69, 9.17) is 4.52 Å². The average molecular weight is 410 g/mol. The first-order chi connectivity index (χ1) is 14.1. The molecule has 1 N–H and O–H groups in total. The van der Waals surface area contributed by atoms with Crippen molar-refractivity contribution in [1.82, 2.24) is 25.0 Å². The monoisotopic (exact) mass is 410 g/mol. The third-order valence-electron chi connectivity index (χ3n) is 5.12. The maximum atomic E-state index is 13.0. The number of nitrogens with zero attached hydrogens (tertiary/aromatic N) is 5. The van der Waals surface area contributed by atoms with Crippen molar-refractivity contribution in [3.05, 3.63) is 56.4 Å². The fourth-order valence-corrected chi connectivity index (χ4v) is 2.99. The van der Waals surface area contributed by atoms with Gasteiger partial charge in [-0.1, -0.05) is 5.16 Å². The standard InChI is InChI=1S/C21H26N6O3/c1-11-8-15(19(28)23-13(11)3)20(29)27(7)10-17-16(9-22-21(24-17)26(5)6)18-12(2)14(4)25-30-18/h8-9H,10H2,1-7H3,(H,23,28). The summed E-state index contributed by atoms with van der Waals surface area (Å²) in [5.41, 5.74) is 4.19. The van der Waals surface area contributed by atoms with Crippen molar-refractivity contribution in [3.8, 4) is 11.3 Å². The lowest BCUT2D eigenvalue weighted by atomic mass is 10.1. The van der Waals surface area contributed by atoms with E-state index >= 15 is 0 Å². The van der Waals surface area contributed by atoms with Gasteiger partial charge in [-0.2, -0.15) is 0 Å². The number of anilines is 1. The minimum atomic E-state index is -0.409. The second kappa shape index (κ2) is 8.10. The average Bonchev–Trinajstić information content (AvgIpc) is 3.02. The number of rotatable bonds is 5. The van der Waals surface area contributed by atoms with Gasteiger partial charge in [-0.3, -0.25) is 9.59 Å². The quantitative estimate of drug-likeness (QED) is 0.688. The minimum Gasteiger partial charge on any atom is -0.356 e. The molecule has 158 valence electrons. The van der Waals surface area contributed by atoms with Crippen LogP contribution in [0, 0.1) is 27.7 Å². The zero-order valence-electron chi connectivity index (χ0n) is 18.3. The molecule has 9 heteroatoms. The lowest BCUT2D eigenvalue weighted by Gasteiger charge is -2.20. The van der Waals surface area contributed by atoms with E-state index in [9.17, 15) is 9.59 Å². The summed E-state index contributed by atoms with van der Waals surface area (Å²) in [6, 6.07) is 1.61. The van der Waals surface area contributed by atoms with E-state index in [1.807, 2.05) is 34.9 Å². The zero-order valence-corrected chi connectivity index (χ0v) is 18.3. The number of H-pyrrole nitrogens is 1. The fraction of sp³-hybridized carbons (Fsp3) is 0.381. The van der Waals surface area contributed by atoms with Crippen LogP contribution < -0.4 is 10.5 Å². The summed E-state index contributed by atoms with van der Waals surface area (Å²) < 4.78 is 5.49. The molecule has 3 rings (SSSR count). The van der Waals surface area contributed by atoms with Crippen molar-refractivity contribution in [2.45, 2.75) is 34.2 Å². The van der Waals surface area contributed by atoms with Gasteiger partial charge in [0.1, 0.15) is 5.56 Å². The van der Waals surface area contributed by atoms with E-state index in [1.165, 1.54) is 4.90 Å². The van der Waals surface area contributed by atoms with Gasteiger partial charge in [0.2, 0.25) is 5.95 Å². The third-order valence-corrected chi connectivity index (χ3v) is 5.12. The highest BCUT2D eigenvalue weighted by Crippen LogP contribution is 2.29. The maximum Gasteiger partial charge on any atom is 0.261 e. The van der Waals surface area contributed by atoms with Crippen LogP contribution in [-0.2, 0) is 6.54 Å². The molecule has 3 aromatic rings. The first-order valence-electron chi connectivity index (χ1n) is 9.52. The first-order valence-corrected chi connectivity index (χ1v) is 9.52. The Bertz CT molecular complexity index is 1160. The minimum absolute atomic E-state index is 0.0933. The van der Waals surface area contributed by atoms with Crippen molar-refractivity contribution < 1.29 is 9.32 Å². The predicted octanol–water partition coefficient (Wildman–Crippen LogP) is 2.39. The summed E-state index contributed by atoms with van der Waals surface area (Å²) in [6.45, 7) is 7.59. The number of aromatic nitrogens is 4. The van der Waals surface area contributed by atoms with E-state index in [1.54, 1.807) is 31.1 Å². The van der Waals surface area contributed by atoms with Crippen LogP contribution in [0.5, 0.6) is 0 Å². The number of pyridine rings is 1. The van der Waals surface area contributed by atoms with Crippen molar-refractivity contribution in [2.24, 2.45) is 0 Å². The van der Waals surface area contributed by atoms with Gasteiger partial charge in [-0.05, 0) is 39.3 Å². The summed E-state index contributed by atoms with van der Waals surface area (Å²) in [6.07, 6.45) is 1.67. The highest BCUT2D eigenvalue weighted by Gasteiger charge is 2.22. The van der Waals surface area contributed by atoms with Crippen LogP contribution in [0.2, 0.25) is 0 Å². The number of amides is 1. The first kappa shape index (κ1) is 21.2. The van der Waals surface area contributed by atoms with Crippen LogP contribution in [0.25, 0.3) is 11.3 Å². The normalized spacial score (nSPS) is 10.9. The molecule has 0 fully saturated rings. The smallest absolute Gasteiger partial charge is 0.261 e. The summed E-state index contributed by atoms with van der Waals surface area (Å²) in [7, 11) is 5.31. The lowest BCUT2D eigenvalue weighted by Crippen LogP contribution is -2.32. The molecule has 0 saturated heterocycles. The molecule has 1 amide bonds. The van der Waals surface area contributed by atoms with Crippen molar-refractivity contribution in [2.75, 3.05) is 26.0 Å². The van der Waals surface area contributed by atoms with E-state index < -0.39 is 5.56 Å². The van der Waals surface area contributed by atoms with Crippen molar-refractivity contribution in [1.29, 1.82) is 0 Å². The Morgan fingerprint density at radius 1 is 1.17 bits per heavy atom. The summed E-state index contributed by atoms with van der Waals surface area (Å²) >= 11 is 0. The number of nitrogens with one attached hydrogen (secondary N) is 1. The molecule has 0 radical (unpaired) electrons. The Morgan fingerprint density at radius 2 is 1.87 bits per heavy atom. The molecule has 0 aromatic carbocycles. The molecule has 0 aliphatic heterocycles. The molecule has 0 bridgehead atoms. The Balaban J connectivity index is 2.01. The largest absolute Gasteiger partial charge is 0.356 e. The lowest BCUT2D eigenvalue weighted by molar-refractivity contribution is 0.0781. The number of carbonyl (C=O) groups excluding carboxylic acids is 1. The molecule has 0 aliphatic rings. The number of aromatic amines is 1. The molecular weight excluding hydrogens is 384 g/mol. The van der Waals surface area contributed by atoms with Gasteiger partial charge in [-0.25, -0.2) is 9.97 Å². The summed E-state index contributed by atoms with van der Waals surface area (Å²) in [5, 5.41) is 4.02. The molecule has 0 atom stereocenters. The molecule has 0 unspecified atom stereocenters. The molecule has 3 aromatic heterocycles. The summed E-state index contributed by atoms with van der Waals surface area (Å²) in [5.74, 6) is 0.686. The SMILES string of the molecule is Cc1cc(C(=O)N(C)Cc2nc(N(C)C)ncc2-c2onc(C)c2C)c(=O)[nH]c1C. The Hall–Kier alpha value is -3.49. The van der Waals surface area contributed by atoms with Crippen LogP contribution in [0.1, 0.15) is 38.6 Å². The summed E-state index contributed by atoms with van der Waals surface area (Å²) in [4.78, 5) is 40.3. The van der Waals surface area contributed by atoms with Crippen LogP contribution >= 0.6 is 0 Å². The number of aryl methyl sites for hydroxylation is 3. The number of carbonyl (C=O) groups is 1. The van der Waals surface area contributed by atoms with Crippen LogP contribution in [-0.4, -0.2) is 52.1 Å². The van der Waals surface area contributed by atoms with E-state index in [0.717, 1.165) is 22.5 Å². The highest BCUT2D eigenvalue weighted by molar-refractivity contribution is 5.94. The van der Waals surface area contributed by atoms with Gasteiger partial charge >= 0.3 is 0 Å². The van der Waals surface area contributed by atoms with Crippen LogP contribution in [0.4, 0.5) is 5.95 Å². The Morgan fingerprint density at radius 3 is 2.47 bits per heavy atom. The predicted molar refractivity (Wildman–Crippen MR) is 114 cm³/mol. The Labute approximate surface area is 174 Å². The molecule has 0 aliphatic carbocycles. The van der Waals surface area contributed by atoms with Crippen molar-refractivity contribution in [3.63, 3.8) is 0 Å². The maximum absolute atomic E-state index is 13.0. The Kier molecular flexibility index (Phi) is 5.73. The third kappa shape index (κ3) is 3.96. The molecule has 30 heavy (non-hydrogen) atoms. The molecule has 0 spiro atoms. The van der Waals surface area contributed by atoms with Gasteiger partial charge in [0.15, 0.2) is 5.76 Å². The molecule has 3 heterocycles. The second-order valence-corrected chi connectivity index (χ2v) is 7.63. The zero-order chi connectivity index (χ0) is 22.2. The van der Waals surface area contributed by atoms with E-state index in [2.05, 4.69) is 20.1 Å². The van der Waals surface area contributed by atoms with Gasteiger partial charge in [0, 0.05) is 38.6 Å². The van der Waals surface area contributed by atoms with Gasteiger partial charge in [0.05, 0.1) is 23.5 Å². The van der Waals surface area contributed by atoms with E-state index in [-0.39, 0.29) is 18.0 Å². The topological polar surface area (TPSA) is 108 Å². The van der Waals surface area contributed by atoms with Gasteiger partial charge in [0.25, 0.3) is 11.5 Å². The molecule has 9 nitrogen and oxygen atoms in total. The van der Waals surface area contributed by atoms with Gasteiger partial charge < -0.3 is 19.3 Å². The van der Waals surface area contributed by atoms with Crippen molar-refractivity contribution >= 4 is 11.9 Å². The molecular formula is C21H26N6O3. The van der Waals surface area contributed by atoms with Crippen LogP contribution in [0.3, 0.4) is 0 Å².